The lowest BCUT2D eigenvalue weighted by Crippen LogP contribution is -2.54. The molecule has 0 radical (unpaired) electrons. The second kappa shape index (κ2) is 9.90. The number of imide groups is 1. The zero-order valence-electron chi connectivity index (χ0n) is 19.7. The second-order valence-corrected chi connectivity index (χ2v) is 10.1. The second-order valence-electron chi connectivity index (χ2n) is 9.23. The zero-order valence-corrected chi connectivity index (χ0v) is 21.3. The maximum atomic E-state index is 13.0. The number of esters is 1. The highest BCUT2D eigenvalue weighted by Gasteiger charge is 2.41. The van der Waals surface area contributed by atoms with Crippen molar-refractivity contribution in [2.75, 3.05) is 7.11 Å². The van der Waals surface area contributed by atoms with Crippen LogP contribution in [0.25, 0.3) is 10.9 Å². The third kappa shape index (κ3) is 7.01. The Balaban J connectivity index is 2.57. The monoisotopic (exact) mass is 525 g/mol. The van der Waals surface area contributed by atoms with Crippen molar-refractivity contribution in [1.29, 1.82) is 0 Å². The summed E-state index contributed by atoms with van der Waals surface area (Å²) in [5.74, 6) is -0.937. The maximum absolute atomic E-state index is 13.0. The van der Waals surface area contributed by atoms with Crippen LogP contribution in [-0.4, -0.2) is 57.0 Å². The molecular formula is C22H28BrN3O7. The van der Waals surface area contributed by atoms with Crippen molar-refractivity contribution in [2.24, 2.45) is 0 Å². The normalized spacial score (nSPS) is 12.7. The van der Waals surface area contributed by atoms with Gasteiger partial charge in [-0.3, -0.25) is 9.36 Å². The van der Waals surface area contributed by atoms with Crippen LogP contribution < -0.4 is 5.56 Å². The Kier molecular flexibility index (Phi) is 7.89. The van der Waals surface area contributed by atoms with Crippen molar-refractivity contribution in [3.05, 3.63) is 39.4 Å². The van der Waals surface area contributed by atoms with Crippen molar-refractivity contribution in [3.8, 4) is 0 Å². The number of aromatic nitrogens is 2. The predicted molar refractivity (Wildman–Crippen MR) is 124 cm³/mol. The van der Waals surface area contributed by atoms with Gasteiger partial charge in [-0.25, -0.2) is 19.4 Å². The summed E-state index contributed by atoms with van der Waals surface area (Å²) in [6.07, 6.45) is -0.995. The number of halogens is 1. The van der Waals surface area contributed by atoms with Gasteiger partial charge in [0.05, 0.1) is 30.9 Å². The molecule has 1 unspecified atom stereocenters. The zero-order chi connectivity index (χ0) is 25.1. The number of methoxy groups -OCH3 is 1. The highest BCUT2D eigenvalue weighted by atomic mass is 79.9. The van der Waals surface area contributed by atoms with Crippen LogP contribution in [-0.2, 0) is 25.5 Å². The molecule has 0 aliphatic carbocycles. The lowest BCUT2D eigenvalue weighted by molar-refractivity contribution is -0.147. The van der Waals surface area contributed by atoms with Crippen LogP contribution in [0.3, 0.4) is 0 Å². The molecule has 0 aliphatic heterocycles. The van der Waals surface area contributed by atoms with Crippen molar-refractivity contribution in [3.63, 3.8) is 0 Å². The number of carbonyl (C=O) groups excluding carboxylic acids is 3. The van der Waals surface area contributed by atoms with E-state index >= 15 is 0 Å². The molecule has 0 N–H and O–H groups in total. The van der Waals surface area contributed by atoms with Crippen LogP contribution >= 0.6 is 15.9 Å². The summed E-state index contributed by atoms with van der Waals surface area (Å²) >= 11 is 3.31. The van der Waals surface area contributed by atoms with E-state index in [1.807, 2.05) is 0 Å². The molecule has 1 atom stereocenters. The summed E-state index contributed by atoms with van der Waals surface area (Å²) in [7, 11) is 1.11. The van der Waals surface area contributed by atoms with E-state index in [1.165, 1.54) is 6.33 Å². The molecule has 0 fully saturated rings. The van der Waals surface area contributed by atoms with Gasteiger partial charge in [0, 0.05) is 4.47 Å². The third-order valence-corrected chi connectivity index (χ3v) is 4.61. The van der Waals surface area contributed by atoms with Crippen molar-refractivity contribution in [1.82, 2.24) is 14.5 Å². The number of hydrogen-bond donors (Lipinski definition) is 0. The molecule has 11 heteroatoms. The summed E-state index contributed by atoms with van der Waals surface area (Å²) < 4.78 is 17.3. The van der Waals surface area contributed by atoms with Crippen molar-refractivity contribution >= 4 is 45.0 Å². The van der Waals surface area contributed by atoms with Gasteiger partial charge in [-0.05, 0) is 59.7 Å². The number of carbonyl (C=O) groups is 3. The van der Waals surface area contributed by atoms with E-state index in [2.05, 4.69) is 20.9 Å². The first-order chi connectivity index (χ1) is 15.1. The van der Waals surface area contributed by atoms with Crippen molar-refractivity contribution < 1.29 is 28.6 Å². The van der Waals surface area contributed by atoms with Crippen LogP contribution in [0.15, 0.2) is 33.8 Å². The van der Waals surface area contributed by atoms with E-state index in [4.69, 9.17) is 14.2 Å². The first kappa shape index (κ1) is 26.3. The molecule has 2 rings (SSSR count). The van der Waals surface area contributed by atoms with Gasteiger partial charge in [-0.2, -0.15) is 4.90 Å². The van der Waals surface area contributed by atoms with E-state index < -0.39 is 47.5 Å². The number of nitrogens with zero attached hydrogens (tertiary/aromatic N) is 3. The third-order valence-electron chi connectivity index (χ3n) is 4.12. The number of rotatable bonds is 4. The highest BCUT2D eigenvalue weighted by molar-refractivity contribution is 9.10. The topological polar surface area (TPSA) is 117 Å². The first-order valence-corrected chi connectivity index (χ1v) is 10.9. The molecule has 0 bridgehead atoms. The van der Waals surface area contributed by atoms with Gasteiger partial charge in [-0.15, -0.1) is 0 Å². The van der Waals surface area contributed by atoms with Gasteiger partial charge < -0.3 is 14.2 Å². The Morgan fingerprint density at radius 1 is 1.06 bits per heavy atom. The molecule has 1 aromatic carbocycles. The summed E-state index contributed by atoms with van der Waals surface area (Å²) in [5.41, 5.74) is -1.95. The van der Waals surface area contributed by atoms with Gasteiger partial charge in [-0.1, -0.05) is 15.9 Å². The fourth-order valence-electron chi connectivity index (χ4n) is 2.80. The quantitative estimate of drug-likeness (QED) is 0.436. The standard InChI is InChI=1S/C22H28BrN3O7/c1-21(2,3)32-19(29)26(20(30)33-22(4,5)6)16(18(28)31-7)11-25-12-24-15-9-8-13(23)10-14(15)17(25)27/h8-10,12,16H,11H2,1-7H3. The van der Waals surface area contributed by atoms with E-state index in [0.29, 0.717) is 14.9 Å². The van der Waals surface area contributed by atoms with Crippen molar-refractivity contribution in [2.45, 2.75) is 65.3 Å². The van der Waals surface area contributed by atoms with Crippen LogP contribution in [0.4, 0.5) is 9.59 Å². The molecule has 1 aromatic heterocycles. The maximum Gasteiger partial charge on any atom is 0.420 e. The largest absolute Gasteiger partial charge is 0.467 e. The molecule has 180 valence electrons. The summed E-state index contributed by atoms with van der Waals surface area (Å²) in [4.78, 5) is 56.4. The number of ether oxygens (including phenoxy) is 3. The number of hydrogen-bond acceptors (Lipinski definition) is 8. The average molecular weight is 526 g/mol. The van der Waals surface area contributed by atoms with E-state index in [1.54, 1.807) is 59.7 Å². The molecule has 33 heavy (non-hydrogen) atoms. The van der Waals surface area contributed by atoms with Crippen LogP contribution in [0.1, 0.15) is 41.5 Å². The number of benzene rings is 1. The molecule has 2 amide bonds. The minimum absolute atomic E-state index is 0.288. The van der Waals surface area contributed by atoms with Gasteiger partial charge in [0.1, 0.15) is 11.2 Å². The highest BCUT2D eigenvalue weighted by Crippen LogP contribution is 2.19. The number of fused-ring (bicyclic) bond motifs is 1. The molecule has 1 heterocycles. The molecule has 0 saturated carbocycles. The average Bonchev–Trinajstić information content (AvgIpc) is 2.66. The van der Waals surface area contributed by atoms with Gasteiger partial charge in [0.15, 0.2) is 6.04 Å². The molecule has 10 nitrogen and oxygen atoms in total. The Hall–Kier alpha value is -2.95. The van der Waals surface area contributed by atoms with Crippen LogP contribution in [0.5, 0.6) is 0 Å². The first-order valence-electron chi connectivity index (χ1n) is 10.1. The van der Waals surface area contributed by atoms with E-state index in [9.17, 15) is 19.2 Å². The lowest BCUT2D eigenvalue weighted by Gasteiger charge is -2.32. The Morgan fingerprint density at radius 3 is 2.09 bits per heavy atom. The summed E-state index contributed by atoms with van der Waals surface area (Å²) in [6, 6.07) is 3.44. The van der Waals surface area contributed by atoms with Crippen LogP contribution in [0, 0.1) is 0 Å². The van der Waals surface area contributed by atoms with Gasteiger partial charge in [0.2, 0.25) is 0 Å². The Morgan fingerprint density at radius 2 is 1.61 bits per heavy atom. The van der Waals surface area contributed by atoms with Gasteiger partial charge >= 0.3 is 18.2 Å². The molecular weight excluding hydrogens is 498 g/mol. The fourth-order valence-corrected chi connectivity index (χ4v) is 3.16. The van der Waals surface area contributed by atoms with Gasteiger partial charge in [0.25, 0.3) is 5.56 Å². The van der Waals surface area contributed by atoms with Crippen LogP contribution in [0.2, 0.25) is 0 Å². The smallest absolute Gasteiger partial charge is 0.420 e. The SMILES string of the molecule is COC(=O)C(Cn1cnc2ccc(Br)cc2c1=O)N(C(=O)OC(C)(C)C)C(=O)OC(C)(C)C. The minimum Gasteiger partial charge on any atom is -0.467 e. The summed E-state index contributed by atoms with van der Waals surface area (Å²) in [5, 5.41) is 0.288. The fraction of sp³-hybridized carbons (Fsp3) is 0.500. The Labute approximate surface area is 199 Å². The van der Waals surface area contributed by atoms with E-state index in [-0.39, 0.29) is 5.39 Å². The molecule has 0 spiro atoms. The molecule has 0 aliphatic rings. The lowest BCUT2D eigenvalue weighted by atomic mass is 10.2. The Bertz CT molecular complexity index is 1090. The number of amides is 2. The van der Waals surface area contributed by atoms with E-state index in [0.717, 1.165) is 11.7 Å². The molecule has 2 aromatic rings. The molecule has 0 saturated heterocycles. The minimum atomic E-state index is -1.55. The summed E-state index contributed by atoms with van der Waals surface area (Å²) in [6.45, 7) is 9.25. The predicted octanol–water partition coefficient (Wildman–Crippen LogP) is 3.87.